The Bertz CT molecular complexity index is 19.2. The molecule has 5 heteroatoms. The summed E-state index contributed by atoms with van der Waals surface area (Å²) in [6, 6.07) is 0. The molecule has 0 aromatic rings. The van der Waals surface area contributed by atoms with Crippen LogP contribution in [0.1, 0.15) is 13.8 Å². The topological polar surface area (TPSA) is 23.1 Å². The van der Waals surface area contributed by atoms with Crippen molar-refractivity contribution in [2.45, 2.75) is 20.0 Å². The van der Waals surface area contributed by atoms with Gasteiger partial charge < -0.3 is 77.0 Å². The Labute approximate surface area is 117 Å². The largest absolute Gasteiger partial charge is 4.00 e. The van der Waals surface area contributed by atoms with E-state index < -0.39 is 6.10 Å². The Kier molecular flexibility index (Phi) is 86.6. The Morgan fingerprint density at radius 3 is 1.00 bits per heavy atom. The fourth-order valence-corrected chi connectivity index (χ4v) is 0. The van der Waals surface area contributed by atoms with Crippen LogP contribution in [-0.4, -0.2) is 6.10 Å². The van der Waals surface area contributed by atoms with Crippen LogP contribution in [-0.2, 0) is 21.7 Å². The summed E-state index contributed by atoms with van der Waals surface area (Å²) in [6.45, 7) is 3.22. The maximum absolute atomic E-state index is 9.53. The summed E-state index contributed by atoms with van der Waals surface area (Å²) in [4.78, 5) is 0. The summed E-state index contributed by atoms with van der Waals surface area (Å²) in [5, 5.41) is 9.53. The number of rotatable bonds is 0. The van der Waals surface area contributed by atoms with Gasteiger partial charge in [-0.1, -0.05) is 13.8 Å². The summed E-state index contributed by atoms with van der Waals surface area (Å²) in [5.41, 5.74) is 0. The molecule has 0 bridgehead atoms. The van der Waals surface area contributed by atoms with Gasteiger partial charge in [0, 0.05) is 0 Å². The minimum Gasteiger partial charge on any atom is -1.00 e. The molecule has 0 amide bonds. The van der Waals surface area contributed by atoms with E-state index in [1.54, 1.807) is 13.8 Å². The molecular formula is C3H7I3OTi. The summed E-state index contributed by atoms with van der Waals surface area (Å²) >= 11 is 0. The van der Waals surface area contributed by atoms with E-state index in [-0.39, 0.29) is 93.6 Å². The average Bonchev–Trinajstić information content (AvgIpc) is 0.811. The zero-order chi connectivity index (χ0) is 3.58. The molecule has 0 radical (unpaired) electrons. The van der Waals surface area contributed by atoms with Gasteiger partial charge in [0.2, 0.25) is 0 Å². The molecule has 0 fully saturated rings. The van der Waals surface area contributed by atoms with Crippen molar-refractivity contribution in [1.29, 1.82) is 0 Å². The van der Waals surface area contributed by atoms with E-state index in [1.165, 1.54) is 0 Å². The van der Waals surface area contributed by atoms with Crippen LogP contribution in [0, 0.1) is 0 Å². The van der Waals surface area contributed by atoms with E-state index in [0.29, 0.717) is 0 Å². The zero-order valence-electron chi connectivity index (χ0n) is 4.62. The van der Waals surface area contributed by atoms with Crippen LogP contribution in [0.3, 0.4) is 0 Å². The van der Waals surface area contributed by atoms with Crippen LogP contribution >= 0.6 is 0 Å². The van der Waals surface area contributed by atoms with Gasteiger partial charge in [0.05, 0.1) is 0 Å². The van der Waals surface area contributed by atoms with E-state index in [0.717, 1.165) is 0 Å². The maximum Gasteiger partial charge on any atom is 4.00 e. The second-order valence-corrected chi connectivity index (χ2v) is 1.05. The first kappa shape index (κ1) is 30.7. The summed E-state index contributed by atoms with van der Waals surface area (Å²) in [6.07, 6.45) is -0.417. The summed E-state index contributed by atoms with van der Waals surface area (Å²) < 4.78 is 0. The van der Waals surface area contributed by atoms with Crippen molar-refractivity contribution < 1.29 is 98.8 Å². The van der Waals surface area contributed by atoms with Gasteiger partial charge in [-0.3, -0.25) is 0 Å². The minimum absolute atomic E-state index is 0. The molecule has 0 rings (SSSR count). The first-order chi connectivity index (χ1) is 1.73. The third kappa shape index (κ3) is 66.8. The number of hydrogen-bond acceptors (Lipinski definition) is 1. The van der Waals surface area contributed by atoms with Crippen LogP contribution in [0.25, 0.3) is 0 Å². The van der Waals surface area contributed by atoms with Crippen molar-refractivity contribution in [2.24, 2.45) is 0 Å². The predicted molar refractivity (Wildman–Crippen MR) is 15.1 cm³/mol. The molecule has 0 aromatic heterocycles. The molecule has 0 saturated carbocycles. The van der Waals surface area contributed by atoms with Crippen LogP contribution < -0.4 is 77.0 Å². The van der Waals surface area contributed by atoms with E-state index in [9.17, 15) is 5.11 Å². The van der Waals surface area contributed by atoms with E-state index in [4.69, 9.17) is 0 Å². The average molecular weight is 488 g/mol. The zero-order valence-corrected chi connectivity index (χ0v) is 12.7. The van der Waals surface area contributed by atoms with E-state index in [2.05, 4.69) is 0 Å². The number of hydrogen-bond donors (Lipinski definition) is 0. The van der Waals surface area contributed by atoms with Gasteiger partial charge in [-0.15, -0.1) is 6.10 Å². The molecule has 0 aromatic carbocycles. The van der Waals surface area contributed by atoms with Crippen LogP contribution in [0.2, 0.25) is 0 Å². The molecule has 0 aliphatic carbocycles. The van der Waals surface area contributed by atoms with Gasteiger partial charge in [-0.05, 0) is 0 Å². The first-order valence-electron chi connectivity index (χ1n) is 1.39. The molecule has 0 N–H and O–H groups in total. The molecule has 0 spiro atoms. The van der Waals surface area contributed by atoms with Gasteiger partial charge in [-0.2, -0.15) is 0 Å². The molecular weight excluding hydrogens is 481 g/mol. The minimum atomic E-state index is -0.417. The van der Waals surface area contributed by atoms with E-state index >= 15 is 0 Å². The van der Waals surface area contributed by atoms with Crippen molar-refractivity contribution >= 4 is 0 Å². The third-order valence-electron chi connectivity index (χ3n) is 0. The van der Waals surface area contributed by atoms with Gasteiger partial charge >= 0.3 is 21.7 Å². The van der Waals surface area contributed by atoms with Crippen LogP contribution in [0.4, 0.5) is 0 Å². The molecule has 1 nitrogen and oxygen atoms in total. The van der Waals surface area contributed by atoms with Crippen molar-refractivity contribution in [3.05, 3.63) is 0 Å². The van der Waals surface area contributed by atoms with Gasteiger partial charge in [0.25, 0.3) is 0 Å². The Morgan fingerprint density at radius 1 is 1.00 bits per heavy atom. The molecule has 8 heavy (non-hydrogen) atoms. The number of halogens is 3. The SMILES string of the molecule is CC(C)[O-].[I-].[I-].[I-].[Ti+4]. The fourth-order valence-electron chi connectivity index (χ4n) is 0. The quantitative estimate of drug-likeness (QED) is 0.246. The maximum atomic E-state index is 9.53. The second kappa shape index (κ2) is 22.5. The van der Waals surface area contributed by atoms with Crippen LogP contribution in [0.5, 0.6) is 0 Å². The molecule has 50 valence electrons. The van der Waals surface area contributed by atoms with Gasteiger partial charge in [0.15, 0.2) is 0 Å². The van der Waals surface area contributed by atoms with Crippen molar-refractivity contribution in [3.8, 4) is 0 Å². The Balaban J connectivity index is -0.00000000750. The van der Waals surface area contributed by atoms with Gasteiger partial charge in [0.1, 0.15) is 0 Å². The standard InChI is InChI=1S/C3H7O.3HI.Ti/c1-3(2)4;;;;/h3H,1-2H3;3*1H;/q-1;;;;+4/p-3. The molecule has 0 heterocycles. The van der Waals surface area contributed by atoms with Crippen molar-refractivity contribution in [1.82, 2.24) is 0 Å². The van der Waals surface area contributed by atoms with Crippen molar-refractivity contribution in [3.63, 3.8) is 0 Å². The summed E-state index contributed by atoms with van der Waals surface area (Å²) in [7, 11) is 0. The van der Waals surface area contributed by atoms with Crippen LogP contribution in [0.15, 0.2) is 0 Å². The Morgan fingerprint density at radius 2 is 1.00 bits per heavy atom. The van der Waals surface area contributed by atoms with Gasteiger partial charge in [-0.25, -0.2) is 0 Å². The molecule has 0 saturated heterocycles. The second-order valence-electron chi connectivity index (χ2n) is 1.05. The fraction of sp³-hybridized carbons (Fsp3) is 1.00. The molecule has 0 atom stereocenters. The van der Waals surface area contributed by atoms with E-state index in [1.807, 2.05) is 0 Å². The first-order valence-corrected chi connectivity index (χ1v) is 1.39. The Hall–Kier alpha value is 2.86. The van der Waals surface area contributed by atoms with Crippen molar-refractivity contribution in [2.75, 3.05) is 0 Å². The monoisotopic (exact) mass is 488 g/mol. The molecule has 0 aliphatic rings. The normalized spacial score (nSPS) is 4.50. The summed E-state index contributed by atoms with van der Waals surface area (Å²) in [5.74, 6) is 0. The predicted octanol–water partition coefficient (Wildman–Crippen LogP) is -9.24. The third-order valence-corrected chi connectivity index (χ3v) is 0. The smallest absolute Gasteiger partial charge is 1.00 e. The molecule has 0 unspecified atom stereocenters. The molecule has 0 aliphatic heterocycles.